The molecule has 1 fully saturated rings. The molecular weight excluding hydrogens is 292 g/mol. The largest absolute Gasteiger partial charge is 0.493 e. The van der Waals surface area contributed by atoms with Crippen LogP contribution in [0.15, 0.2) is 12.1 Å². The van der Waals surface area contributed by atoms with E-state index in [4.69, 9.17) is 9.47 Å². The van der Waals surface area contributed by atoms with E-state index in [1.807, 2.05) is 13.0 Å². The lowest BCUT2D eigenvalue weighted by atomic mass is 10.0. The first-order chi connectivity index (χ1) is 9.65. The summed E-state index contributed by atoms with van der Waals surface area (Å²) in [6, 6.07) is 3.76. The molecule has 1 atom stereocenters. The Morgan fingerprint density at radius 3 is 2.52 bits per heavy atom. The van der Waals surface area contributed by atoms with E-state index in [2.05, 4.69) is 10.6 Å². The van der Waals surface area contributed by atoms with E-state index in [-0.39, 0.29) is 24.4 Å². The topological polar surface area (TPSA) is 59.6 Å². The first-order valence-electron chi connectivity index (χ1n) is 6.90. The number of rotatable bonds is 4. The summed E-state index contributed by atoms with van der Waals surface area (Å²) in [6.07, 6.45) is 2.11. The van der Waals surface area contributed by atoms with Gasteiger partial charge in [0, 0.05) is 18.2 Å². The van der Waals surface area contributed by atoms with Crippen molar-refractivity contribution in [1.82, 2.24) is 10.6 Å². The minimum absolute atomic E-state index is 0. The van der Waals surface area contributed by atoms with Crippen LogP contribution >= 0.6 is 12.4 Å². The number of carbonyl (C=O) groups is 1. The second kappa shape index (κ2) is 8.10. The SMILES string of the molecule is COc1cc(C)c(C(=O)NC2CCCNC2)cc1OC.Cl. The molecule has 0 radical (unpaired) electrons. The van der Waals surface area contributed by atoms with Gasteiger partial charge in [0.2, 0.25) is 0 Å². The molecule has 21 heavy (non-hydrogen) atoms. The van der Waals surface area contributed by atoms with Gasteiger partial charge in [-0.05, 0) is 44.0 Å². The van der Waals surface area contributed by atoms with E-state index in [9.17, 15) is 4.79 Å². The van der Waals surface area contributed by atoms with Gasteiger partial charge in [-0.1, -0.05) is 0 Å². The quantitative estimate of drug-likeness (QED) is 0.891. The Morgan fingerprint density at radius 2 is 1.95 bits per heavy atom. The molecule has 5 nitrogen and oxygen atoms in total. The van der Waals surface area contributed by atoms with Gasteiger partial charge in [-0.3, -0.25) is 4.79 Å². The summed E-state index contributed by atoms with van der Waals surface area (Å²) in [5, 5.41) is 6.35. The normalized spacial score (nSPS) is 17.6. The number of halogens is 1. The van der Waals surface area contributed by atoms with Gasteiger partial charge >= 0.3 is 0 Å². The maximum absolute atomic E-state index is 12.4. The molecule has 6 heteroatoms. The molecule has 0 aliphatic carbocycles. The Balaban J connectivity index is 0.00000220. The zero-order valence-corrected chi connectivity index (χ0v) is 13.5. The van der Waals surface area contributed by atoms with Gasteiger partial charge in [-0.25, -0.2) is 0 Å². The van der Waals surface area contributed by atoms with Gasteiger partial charge in [0.05, 0.1) is 14.2 Å². The monoisotopic (exact) mass is 314 g/mol. The second-order valence-electron chi connectivity index (χ2n) is 5.04. The van der Waals surface area contributed by atoms with Crippen LogP contribution in [0.5, 0.6) is 11.5 Å². The number of amides is 1. The summed E-state index contributed by atoms with van der Waals surface area (Å²) in [5.41, 5.74) is 1.51. The molecule has 0 spiro atoms. The van der Waals surface area contributed by atoms with Crippen molar-refractivity contribution < 1.29 is 14.3 Å². The predicted octanol–water partition coefficient (Wildman–Crippen LogP) is 1.92. The van der Waals surface area contributed by atoms with Gasteiger partial charge in [0.25, 0.3) is 5.91 Å². The fourth-order valence-electron chi connectivity index (χ4n) is 2.46. The zero-order valence-electron chi connectivity index (χ0n) is 12.7. The fraction of sp³-hybridized carbons (Fsp3) is 0.533. The molecule has 2 rings (SSSR count). The van der Waals surface area contributed by atoms with Gasteiger partial charge in [0.15, 0.2) is 11.5 Å². The number of benzene rings is 1. The smallest absolute Gasteiger partial charge is 0.251 e. The van der Waals surface area contributed by atoms with Gasteiger partial charge < -0.3 is 20.1 Å². The molecule has 1 amide bonds. The molecule has 118 valence electrons. The molecular formula is C15H23ClN2O3. The zero-order chi connectivity index (χ0) is 14.5. The van der Waals surface area contributed by atoms with Crippen LogP contribution in [-0.2, 0) is 0 Å². The molecule has 1 saturated heterocycles. The average Bonchev–Trinajstić information content (AvgIpc) is 2.47. The van der Waals surface area contributed by atoms with E-state index in [0.29, 0.717) is 17.1 Å². The standard InChI is InChI=1S/C15H22N2O3.ClH/c1-10-7-13(19-2)14(20-3)8-12(10)15(18)17-11-5-4-6-16-9-11;/h7-8,11,16H,4-6,9H2,1-3H3,(H,17,18);1H. The van der Waals surface area contributed by atoms with Crippen molar-refractivity contribution in [1.29, 1.82) is 0 Å². The molecule has 1 aliphatic heterocycles. The number of hydrogen-bond acceptors (Lipinski definition) is 4. The number of carbonyl (C=O) groups excluding carboxylic acids is 1. The van der Waals surface area contributed by atoms with Crippen molar-refractivity contribution in [2.24, 2.45) is 0 Å². The first-order valence-corrected chi connectivity index (χ1v) is 6.90. The van der Waals surface area contributed by atoms with E-state index in [1.165, 1.54) is 0 Å². The van der Waals surface area contributed by atoms with Crippen molar-refractivity contribution in [3.8, 4) is 11.5 Å². The third-order valence-electron chi connectivity index (χ3n) is 3.61. The fourth-order valence-corrected chi connectivity index (χ4v) is 2.46. The Hall–Kier alpha value is -1.46. The molecule has 1 unspecified atom stereocenters. The molecule has 1 aliphatic rings. The molecule has 1 heterocycles. The van der Waals surface area contributed by atoms with Gasteiger partial charge in [-0.2, -0.15) is 0 Å². The Bertz CT molecular complexity index is 488. The number of hydrogen-bond donors (Lipinski definition) is 2. The number of methoxy groups -OCH3 is 2. The van der Waals surface area contributed by atoms with Crippen LogP contribution in [-0.4, -0.2) is 39.3 Å². The number of nitrogens with one attached hydrogen (secondary N) is 2. The van der Waals surface area contributed by atoms with Gasteiger partial charge in [0.1, 0.15) is 0 Å². The molecule has 1 aromatic carbocycles. The highest BCUT2D eigenvalue weighted by molar-refractivity contribution is 5.96. The summed E-state index contributed by atoms with van der Waals surface area (Å²) >= 11 is 0. The minimum Gasteiger partial charge on any atom is -0.493 e. The lowest BCUT2D eigenvalue weighted by Crippen LogP contribution is -2.45. The molecule has 2 N–H and O–H groups in total. The maximum atomic E-state index is 12.4. The number of aryl methyl sites for hydroxylation is 1. The Labute approximate surface area is 131 Å². The van der Waals surface area contributed by atoms with Crippen LogP contribution in [0.3, 0.4) is 0 Å². The highest BCUT2D eigenvalue weighted by Gasteiger charge is 2.19. The van der Waals surface area contributed by atoms with E-state index >= 15 is 0 Å². The predicted molar refractivity (Wildman–Crippen MR) is 84.9 cm³/mol. The third kappa shape index (κ3) is 4.25. The third-order valence-corrected chi connectivity index (χ3v) is 3.61. The van der Waals surface area contributed by atoms with Crippen LogP contribution in [0.1, 0.15) is 28.8 Å². The lowest BCUT2D eigenvalue weighted by Gasteiger charge is -2.24. The maximum Gasteiger partial charge on any atom is 0.251 e. The molecule has 0 saturated carbocycles. The van der Waals surface area contributed by atoms with Crippen molar-refractivity contribution >= 4 is 18.3 Å². The molecule has 0 aromatic heterocycles. The summed E-state index contributed by atoms with van der Waals surface area (Å²) in [5.74, 6) is 1.16. The summed E-state index contributed by atoms with van der Waals surface area (Å²) in [7, 11) is 3.16. The van der Waals surface area contributed by atoms with Crippen molar-refractivity contribution in [2.75, 3.05) is 27.3 Å². The van der Waals surface area contributed by atoms with Crippen LogP contribution in [0.2, 0.25) is 0 Å². The van der Waals surface area contributed by atoms with Crippen LogP contribution in [0.25, 0.3) is 0 Å². The van der Waals surface area contributed by atoms with Crippen LogP contribution in [0.4, 0.5) is 0 Å². The molecule has 0 bridgehead atoms. The Morgan fingerprint density at radius 1 is 1.29 bits per heavy atom. The van der Waals surface area contributed by atoms with Crippen molar-refractivity contribution in [3.63, 3.8) is 0 Å². The van der Waals surface area contributed by atoms with E-state index in [1.54, 1.807) is 20.3 Å². The lowest BCUT2D eigenvalue weighted by molar-refractivity contribution is 0.0929. The summed E-state index contributed by atoms with van der Waals surface area (Å²) in [4.78, 5) is 12.4. The van der Waals surface area contributed by atoms with Crippen LogP contribution in [0, 0.1) is 6.92 Å². The van der Waals surface area contributed by atoms with Crippen LogP contribution < -0.4 is 20.1 Å². The number of piperidine rings is 1. The summed E-state index contributed by atoms with van der Waals surface area (Å²) < 4.78 is 10.5. The number of ether oxygens (including phenoxy) is 2. The average molecular weight is 315 g/mol. The minimum atomic E-state index is -0.0582. The first kappa shape index (κ1) is 17.6. The van der Waals surface area contributed by atoms with Crippen molar-refractivity contribution in [2.45, 2.75) is 25.8 Å². The highest BCUT2D eigenvalue weighted by Crippen LogP contribution is 2.30. The van der Waals surface area contributed by atoms with E-state index < -0.39 is 0 Å². The van der Waals surface area contributed by atoms with Crippen molar-refractivity contribution in [3.05, 3.63) is 23.3 Å². The Kier molecular flexibility index (Phi) is 6.78. The van der Waals surface area contributed by atoms with Gasteiger partial charge in [-0.15, -0.1) is 12.4 Å². The second-order valence-corrected chi connectivity index (χ2v) is 5.04. The summed E-state index contributed by atoms with van der Waals surface area (Å²) in [6.45, 7) is 3.76. The highest BCUT2D eigenvalue weighted by atomic mass is 35.5. The molecule has 1 aromatic rings. The van der Waals surface area contributed by atoms with E-state index in [0.717, 1.165) is 31.5 Å².